The molecule has 1 fully saturated rings. The fourth-order valence-electron chi connectivity index (χ4n) is 2.35. The lowest BCUT2D eigenvalue weighted by molar-refractivity contribution is -0.384. The first-order valence-corrected chi connectivity index (χ1v) is 6.67. The Hall–Kier alpha value is -1.17. The van der Waals surface area contributed by atoms with E-state index in [2.05, 4.69) is 0 Å². The van der Waals surface area contributed by atoms with Crippen LogP contribution in [-0.2, 0) is 11.3 Å². The van der Waals surface area contributed by atoms with Crippen molar-refractivity contribution in [3.63, 3.8) is 0 Å². The Labute approximate surface area is 116 Å². The highest BCUT2D eigenvalue weighted by Crippen LogP contribution is 2.28. The summed E-state index contributed by atoms with van der Waals surface area (Å²) in [7, 11) is 0. The monoisotopic (exact) mass is 284 g/mol. The molecule has 0 heterocycles. The summed E-state index contributed by atoms with van der Waals surface area (Å²) in [6.45, 7) is 0.829. The highest BCUT2D eigenvalue weighted by molar-refractivity contribution is 6.31. The van der Waals surface area contributed by atoms with E-state index >= 15 is 0 Å². The molecule has 0 radical (unpaired) electrons. The van der Waals surface area contributed by atoms with Gasteiger partial charge in [-0.15, -0.1) is 0 Å². The van der Waals surface area contributed by atoms with E-state index in [4.69, 9.17) is 22.1 Å². The summed E-state index contributed by atoms with van der Waals surface area (Å²) in [5.41, 5.74) is 6.69. The van der Waals surface area contributed by atoms with Gasteiger partial charge in [0.15, 0.2) is 0 Å². The maximum atomic E-state index is 10.6. The lowest BCUT2D eigenvalue weighted by atomic mass is 10.0. The highest BCUT2D eigenvalue weighted by Gasteiger charge is 2.29. The van der Waals surface area contributed by atoms with Crippen molar-refractivity contribution in [2.24, 2.45) is 5.73 Å². The standard InChI is InChI=1S/C13H17ClN2O3/c14-12-7-11(16(17)18)4-3-10(12)8-19-9-13(15)5-1-2-6-13/h3-4,7H,1-2,5-6,8-9,15H2. The minimum absolute atomic E-state index is 0.0140. The van der Waals surface area contributed by atoms with Gasteiger partial charge in [-0.05, 0) is 24.5 Å². The Morgan fingerprint density at radius 2 is 2.11 bits per heavy atom. The van der Waals surface area contributed by atoms with Gasteiger partial charge in [-0.2, -0.15) is 0 Å². The van der Waals surface area contributed by atoms with Crippen LogP contribution in [0.2, 0.25) is 5.02 Å². The van der Waals surface area contributed by atoms with E-state index in [1.807, 2.05) is 0 Å². The van der Waals surface area contributed by atoms with Gasteiger partial charge in [0.05, 0.1) is 23.2 Å². The molecule has 0 bridgehead atoms. The van der Waals surface area contributed by atoms with E-state index in [1.54, 1.807) is 6.07 Å². The molecule has 2 N–H and O–H groups in total. The summed E-state index contributed by atoms with van der Waals surface area (Å²) < 4.78 is 5.61. The number of rotatable bonds is 5. The zero-order chi connectivity index (χ0) is 13.9. The molecule has 2 rings (SSSR count). The zero-order valence-corrected chi connectivity index (χ0v) is 11.4. The van der Waals surface area contributed by atoms with Crippen molar-refractivity contribution in [2.75, 3.05) is 6.61 Å². The summed E-state index contributed by atoms with van der Waals surface area (Å²) in [4.78, 5) is 10.1. The lowest BCUT2D eigenvalue weighted by Crippen LogP contribution is -2.41. The van der Waals surface area contributed by atoms with Gasteiger partial charge < -0.3 is 10.5 Å². The van der Waals surface area contributed by atoms with Gasteiger partial charge in [-0.25, -0.2) is 0 Å². The molecule has 0 spiro atoms. The molecular formula is C13H17ClN2O3. The second-order valence-corrected chi connectivity index (χ2v) is 5.50. The second kappa shape index (κ2) is 5.86. The van der Waals surface area contributed by atoms with Crippen molar-refractivity contribution in [1.82, 2.24) is 0 Å². The van der Waals surface area contributed by atoms with E-state index in [0.717, 1.165) is 31.2 Å². The highest BCUT2D eigenvalue weighted by atomic mass is 35.5. The summed E-state index contributed by atoms with van der Waals surface area (Å²) in [6.07, 6.45) is 4.28. The minimum atomic E-state index is -0.468. The van der Waals surface area contributed by atoms with Gasteiger partial charge in [0.2, 0.25) is 0 Å². The zero-order valence-electron chi connectivity index (χ0n) is 10.6. The number of ether oxygens (including phenoxy) is 1. The minimum Gasteiger partial charge on any atom is -0.375 e. The molecule has 1 aliphatic carbocycles. The molecule has 0 atom stereocenters. The predicted octanol–water partition coefficient (Wildman–Crippen LogP) is 3.04. The van der Waals surface area contributed by atoms with Crippen molar-refractivity contribution in [3.05, 3.63) is 38.9 Å². The SMILES string of the molecule is NC1(COCc2ccc([N+](=O)[O-])cc2Cl)CCCC1. The van der Waals surface area contributed by atoms with Gasteiger partial charge in [0.25, 0.3) is 5.69 Å². The van der Waals surface area contributed by atoms with Crippen molar-refractivity contribution >= 4 is 17.3 Å². The van der Waals surface area contributed by atoms with E-state index < -0.39 is 4.92 Å². The summed E-state index contributed by atoms with van der Waals surface area (Å²) in [5, 5.41) is 10.9. The van der Waals surface area contributed by atoms with Crippen LogP contribution in [0.5, 0.6) is 0 Å². The van der Waals surface area contributed by atoms with Crippen LogP contribution >= 0.6 is 11.6 Å². The molecule has 1 aromatic rings. The first kappa shape index (κ1) is 14.2. The van der Waals surface area contributed by atoms with Crippen LogP contribution in [0.3, 0.4) is 0 Å². The second-order valence-electron chi connectivity index (χ2n) is 5.10. The quantitative estimate of drug-likeness (QED) is 0.666. The normalized spacial score (nSPS) is 17.6. The molecule has 104 valence electrons. The summed E-state index contributed by atoms with van der Waals surface area (Å²) >= 11 is 5.99. The lowest BCUT2D eigenvalue weighted by Gasteiger charge is -2.23. The fourth-order valence-corrected chi connectivity index (χ4v) is 2.58. The molecule has 0 amide bonds. The Bertz CT molecular complexity index is 473. The third-order valence-electron chi connectivity index (χ3n) is 3.49. The van der Waals surface area contributed by atoms with Crippen molar-refractivity contribution < 1.29 is 9.66 Å². The Balaban J connectivity index is 1.91. The van der Waals surface area contributed by atoms with Crippen LogP contribution in [-0.4, -0.2) is 17.1 Å². The Kier molecular flexibility index (Phi) is 4.39. The Morgan fingerprint density at radius 1 is 1.42 bits per heavy atom. The largest absolute Gasteiger partial charge is 0.375 e. The molecule has 0 aromatic heterocycles. The topological polar surface area (TPSA) is 78.4 Å². The van der Waals surface area contributed by atoms with Crippen LogP contribution < -0.4 is 5.73 Å². The van der Waals surface area contributed by atoms with Crippen LogP contribution in [0, 0.1) is 10.1 Å². The predicted molar refractivity (Wildman–Crippen MR) is 73.1 cm³/mol. The van der Waals surface area contributed by atoms with E-state index in [-0.39, 0.29) is 11.2 Å². The van der Waals surface area contributed by atoms with Crippen molar-refractivity contribution in [1.29, 1.82) is 0 Å². The van der Waals surface area contributed by atoms with E-state index in [9.17, 15) is 10.1 Å². The van der Waals surface area contributed by atoms with Crippen molar-refractivity contribution in [2.45, 2.75) is 37.8 Å². The molecule has 0 unspecified atom stereocenters. The maximum Gasteiger partial charge on any atom is 0.270 e. The van der Waals surface area contributed by atoms with Gasteiger partial charge >= 0.3 is 0 Å². The number of hydrogen-bond donors (Lipinski definition) is 1. The number of hydrogen-bond acceptors (Lipinski definition) is 4. The maximum absolute atomic E-state index is 10.6. The van der Waals surface area contributed by atoms with Crippen LogP contribution in [0.1, 0.15) is 31.2 Å². The summed E-state index contributed by atoms with van der Waals surface area (Å²) in [5.74, 6) is 0. The summed E-state index contributed by atoms with van der Waals surface area (Å²) in [6, 6.07) is 4.39. The number of benzene rings is 1. The number of nitro groups is 1. The molecule has 1 saturated carbocycles. The Morgan fingerprint density at radius 3 is 2.68 bits per heavy atom. The van der Waals surface area contributed by atoms with Crippen LogP contribution in [0.15, 0.2) is 18.2 Å². The van der Waals surface area contributed by atoms with E-state index in [0.29, 0.717) is 18.2 Å². The number of halogens is 1. The average molecular weight is 285 g/mol. The average Bonchev–Trinajstić information content (AvgIpc) is 2.78. The first-order valence-electron chi connectivity index (χ1n) is 6.30. The molecule has 0 saturated heterocycles. The number of nitrogens with zero attached hydrogens (tertiary/aromatic N) is 1. The third-order valence-corrected chi connectivity index (χ3v) is 3.85. The number of non-ortho nitro benzene ring substituents is 1. The fraction of sp³-hybridized carbons (Fsp3) is 0.538. The van der Waals surface area contributed by atoms with E-state index in [1.165, 1.54) is 12.1 Å². The molecule has 19 heavy (non-hydrogen) atoms. The third kappa shape index (κ3) is 3.65. The number of nitrogens with two attached hydrogens (primary N) is 1. The van der Waals surface area contributed by atoms with Crippen LogP contribution in [0.4, 0.5) is 5.69 Å². The van der Waals surface area contributed by atoms with Crippen LogP contribution in [0.25, 0.3) is 0 Å². The number of nitro benzene ring substituents is 1. The molecule has 6 heteroatoms. The molecule has 1 aromatic carbocycles. The molecule has 0 aliphatic heterocycles. The van der Waals surface area contributed by atoms with Gasteiger partial charge in [-0.1, -0.05) is 24.4 Å². The molecule has 5 nitrogen and oxygen atoms in total. The van der Waals surface area contributed by atoms with Gasteiger partial charge in [-0.3, -0.25) is 10.1 Å². The molecular weight excluding hydrogens is 268 g/mol. The van der Waals surface area contributed by atoms with Gasteiger partial charge in [0.1, 0.15) is 0 Å². The van der Waals surface area contributed by atoms with Gasteiger partial charge in [0, 0.05) is 17.7 Å². The first-order chi connectivity index (χ1) is 9.00. The smallest absolute Gasteiger partial charge is 0.270 e. The van der Waals surface area contributed by atoms with Crippen molar-refractivity contribution in [3.8, 4) is 0 Å². The molecule has 1 aliphatic rings.